The number of hydrogen-bond acceptors (Lipinski definition) is 7. The number of benzene rings is 1. The standard InChI is InChI=1S/C23H31N5O2S/c1-23(2)14-17-20(21(29)25-23)31-22(24-17)28-11-12-30-19-13-16(5-6-18(19)28)27(4)15-7-9-26(3)10-8-15/h5-6,13,15H,7-12,14H2,1-4H3,(H,25,29). The predicted octanol–water partition coefficient (Wildman–Crippen LogP) is 3.27. The van der Waals surface area contributed by atoms with Gasteiger partial charge < -0.3 is 24.8 Å². The number of amides is 1. The van der Waals surface area contributed by atoms with Crippen LogP contribution in [0.2, 0.25) is 0 Å². The molecule has 0 unspecified atom stereocenters. The van der Waals surface area contributed by atoms with E-state index < -0.39 is 0 Å². The molecule has 1 aromatic carbocycles. The van der Waals surface area contributed by atoms with Crippen molar-refractivity contribution in [3.63, 3.8) is 0 Å². The quantitative estimate of drug-likeness (QED) is 0.789. The Morgan fingerprint density at radius 3 is 2.81 bits per heavy atom. The summed E-state index contributed by atoms with van der Waals surface area (Å²) in [5, 5.41) is 3.95. The van der Waals surface area contributed by atoms with Crippen molar-refractivity contribution in [2.24, 2.45) is 0 Å². The fourth-order valence-corrected chi connectivity index (χ4v) is 5.82. The van der Waals surface area contributed by atoms with Gasteiger partial charge in [-0.25, -0.2) is 4.98 Å². The Morgan fingerprint density at radius 2 is 2.03 bits per heavy atom. The Kier molecular flexibility index (Phi) is 5.09. The fraction of sp³-hybridized carbons (Fsp3) is 0.565. The van der Waals surface area contributed by atoms with Crippen LogP contribution >= 0.6 is 11.3 Å². The highest BCUT2D eigenvalue weighted by Crippen LogP contribution is 2.42. The summed E-state index contributed by atoms with van der Waals surface area (Å²) in [6, 6.07) is 7.03. The summed E-state index contributed by atoms with van der Waals surface area (Å²) in [7, 11) is 4.38. The molecular weight excluding hydrogens is 410 g/mol. The topological polar surface area (TPSA) is 60.9 Å². The molecule has 2 aromatic rings. The van der Waals surface area contributed by atoms with E-state index >= 15 is 0 Å². The lowest BCUT2D eigenvalue weighted by Gasteiger charge is -2.37. The molecule has 1 saturated heterocycles. The molecule has 0 aliphatic carbocycles. The van der Waals surface area contributed by atoms with Gasteiger partial charge in [0.1, 0.15) is 17.2 Å². The lowest BCUT2D eigenvalue weighted by Crippen LogP contribution is -2.48. The number of nitrogens with one attached hydrogen (secondary N) is 1. The van der Waals surface area contributed by atoms with Crippen LogP contribution in [-0.2, 0) is 6.42 Å². The molecule has 1 N–H and O–H groups in total. The lowest BCUT2D eigenvalue weighted by atomic mass is 9.94. The number of hydrogen-bond donors (Lipinski definition) is 1. The van der Waals surface area contributed by atoms with E-state index in [1.807, 2.05) is 13.8 Å². The second-order valence-corrected chi connectivity index (χ2v) is 10.6. The average Bonchev–Trinajstić information content (AvgIpc) is 3.16. The van der Waals surface area contributed by atoms with Gasteiger partial charge in [0, 0.05) is 36.8 Å². The van der Waals surface area contributed by atoms with E-state index in [9.17, 15) is 4.79 Å². The van der Waals surface area contributed by atoms with Crippen molar-refractivity contribution in [3.8, 4) is 5.75 Å². The van der Waals surface area contributed by atoms with E-state index in [4.69, 9.17) is 9.72 Å². The molecule has 7 nitrogen and oxygen atoms in total. The zero-order valence-electron chi connectivity index (χ0n) is 18.8. The third kappa shape index (κ3) is 3.87. The van der Waals surface area contributed by atoms with E-state index in [0.29, 0.717) is 12.6 Å². The lowest BCUT2D eigenvalue weighted by molar-refractivity contribution is 0.0901. The van der Waals surface area contributed by atoms with Crippen LogP contribution in [0.4, 0.5) is 16.5 Å². The number of piperidine rings is 1. The minimum atomic E-state index is -0.258. The molecule has 0 saturated carbocycles. The molecule has 0 bridgehead atoms. The molecule has 4 heterocycles. The van der Waals surface area contributed by atoms with Gasteiger partial charge in [-0.3, -0.25) is 4.79 Å². The molecule has 166 valence electrons. The Bertz CT molecular complexity index is 996. The van der Waals surface area contributed by atoms with Crippen molar-refractivity contribution in [2.45, 2.75) is 44.7 Å². The molecule has 3 aliphatic rings. The molecule has 0 radical (unpaired) electrons. The smallest absolute Gasteiger partial charge is 0.263 e. The van der Waals surface area contributed by atoms with Crippen LogP contribution in [0.5, 0.6) is 5.75 Å². The Hall–Kier alpha value is -2.32. The molecule has 0 atom stereocenters. The number of carbonyl (C=O) groups excluding carboxylic acids is 1. The number of ether oxygens (including phenoxy) is 1. The van der Waals surface area contributed by atoms with E-state index in [0.717, 1.165) is 53.2 Å². The largest absolute Gasteiger partial charge is 0.489 e. The molecule has 8 heteroatoms. The predicted molar refractivity (Wildman–Crippen MR) is 125 cm³/mol. The molecule has 1 fully saturated rings. The van der Waals surface area contributed by atoms with E-state index in [2.05, 4.69) is 52.3 Å². The van der Waals surface area contributed by atoms with E-state index in [1.165, 1.54) is 29.9 Å². The van der Waals surface area contributed by atoms with Crippen LogP contribution in [-0.4, -0.2) is 67.7 Å². The van der Waals surface area contributed by atoms with Gasteiger partial charge in [-0.1, -0.05) is 11.3 Å². The van der Waals surface area contributed by atoms with Crippen molar-refractivity contribution in [2.75, 3.05) is 50.1 Å². The van der Waals surface area contributed by atoms with Crippen molar-refractivity contribution in [1.82, 2.24) is 15.2 Å². The second-order valence-electron chi connectivity index (χ2n) is 9.58. The average molecular weight is 442 g/mol. The van der Waals surface area contributed by atoms with Gasteiger partial charge in [-0.05, 0) is 59.0 Å². The zero-order valence-corrected chi connectivity index (χ0v) is 19.6. The summed E-state index contributed by atoms with van der Waals surface area (Å²) >= 11 is 1.48. The van der Waals surface area contributed by atoms with Gasteiger partial charge in [0.25, 0.3) is 5.91 Å². The van der Waals surface area contributed by atoms with Crippen LogP contribution in [0.25, 0.3) is 0 Å². The molecule has 1 amide bonds. The number of fused-ring (bicyclic) bond motifs is 2. The first-order valence-corrected chi connectivity index (χ1v) is 11.9. The van der Waals surface area contributed by atoms with E-state index in [-0.39, 0.29) is 11.4 Å². The number of carbonyl (C=O) groups is 1. The Balaban J connectivity index is 1.41. The van der Waals surface area contributed by atoms with Crippen molar-refractivity contribution in [3.05, 3.63) is 28.8 Å². The molecule has 5 rings (SSSR count). The highest BCUT2D eigenvalue weighted by atomic mass is 32.1. The third-order valence-electron chi connectivity index (χ3n) is 6.63. The van der Waals surface area contributed by atoms with Crippen LogP contribution < -0.4 is 19.9 Å². The maximum Gasteiger partial charge on any atom is 0.263 e. The highest BCUT2D eigenvalue weighted by Gasteiger charge is 2.35. The summed E-state index contributed by atoms with van der Waals surface area (Å²) in [5.41, 5.74) is 2.86. The first kappa shape index (κ1) is 20.6. The third-order valence-corrected chi connectivity index (χ3v) is 7.75. The monoisotopic (exact) mass is 441 g/mol. The summed E-state index contributed by atoms with van der Waals surface area (Å²) in [6.07, 6.45) is 3.11. The van der Waals surface area contributed by atoms with Crippen LogP contribution in [0, 0.1) is 0 Å². The number of thiazole rings is 1. The van der Waals surface area contributed by atoms with E-state index in [1.54, 1.807) is 0 Å². The number of aromatic nitrogens is 1. The number of rotatable bonds is 3. The molecule has 0 spiro atoms. The van der Waals surface area contributed by atoms with Gasteiger partial charge in [-0.15, -0.1) is 0 Å². The van der Waals surface area contributed by atoms with Gasteiger partial charge in [-0.2, -0.15) is 0 Å². The van der Waals surface area contributed by atoms with Crippen molar-refractivity contribution >= 4 is 33.8 Å². The minimum absolute atomic E-state index is 0.0152. The maximum atomic E-state index is 12.5. The zero-order chi connectivity index (χ0) is 21.8. The number of nitrogens with zero attached hydrogens (tertiary/aromatic N) is 4. The first-order valence-electron chi connectivity index (χ1n) is 11.1. The highest BCUT2D eigenvalue weighted by molar-refractivity contribution is 7.17. The van der Waals surface area contributed by atoms with Crippen molar-refractivity contribution in [1.29, 1.82) is 0 Å². The Morgan fingerprint density at radius 1 is 1.26 bits per heavy atom. The van der Waals surface area contributed by atoms with Crippen LogP contribution in [0.1, 0.15) is 42.1 Å². The van der Waals surface area contributed by atoms with Gasteiger partial charge in [0.15, 0.2) is 5.13 Å². The van der Waals surface area contributed by atoms with Crippen molar-refractivity contribution < 1.29 is 9.53 Å². The second kappa shape index (κ2) is 7.67. The molecule has 31 heavy (non-hydrogen) atoms. The maximum absolute atomic E-state index is 12.5. The minimum Gasteiger partial charge on any atom is -0.489 e. The van der Waals surface area contributed by atoms with Gasteiger partial charge in [0.2, 0.25) is 0 Å². The first-order chi connectivity index (χ1) is 14.8. The van der Waals surface area contributed by atoms with Crippen LogP contribution in [0.3, 0.4) is 0 Å². The Labute approximate surface area is 188 Å². The molecule has 3 aliphatic heterocycles. The fourth-order valence-electron chi connectivity index (χ4n) is 4.80. The normalized spacial score (nSPS) is 21.2. The SMILES string of the molecule is CN1CCC(N(C)c2ccc3c(c2)OCCN3c2nc3c(s2)C(=O)NC(C)(C)C3)CC1. The van der Waals surface area contributed by atoms with Gasteiger partial charge >= 0.3 is 0 Å². The number of likely N-dealkylation sites (tertiary alicyclic amines) is 1. The van der Waals surface area contributed by atoms with Crippen LogP contribution in [0.15, 0.2) is 18.2 Å². The summed E-state index contributed by atoms with van der Waals surface area (Å²) in [4.78, 5) is 25.1. The summed E-state index contributed by atoms with van der Waals surface area (Å²) in [6.45, 7) is 7.70. The summed E-state index contributed by atoms with van der Waals surface area (Å²) < 4.78 is 6.05. The molecule has 1 aromatic heterocycles. The van der Waals surface area contributed by atoms with Gasteiger partial charge in [0.05, 0.1) is 17.9 Å². The molecular formula is C23H31N5O2S. The summed E-state index contributed by atoms with van der Waals surface area (Å²) in [5.74, 6) is 0.875. The number of anilines is 3.